The Morgan fingerprint density at radius 2 is 1.36 bits per heavy atom. The third-order valence-electron chi connectivity index (χ3n) is 4.24. The molecule has 0 unspecified atom stereocenters. The van der Waals surface area contributed by atoms with Gasteiger partial charge in [-0.1, -0.05) is 36.4 Å². The summed E-state index contributed by atoms with van der Waals surface area (Å²) < 4.78 is 48.7. The van der Waals surface area contributed by atoms with E-state index in [2.05, 4.69) is 0 Å². The zero-order valence-electron chi connectivity index (χ0n) is 15.7. The van der Waals surface area contributed by atoms with Crippen LogP contribution in [-0.4, -0.2) is 22.6 Å². The van der Waals surface area contributed by atoms with E-state index >= 15 is 0 Å². The van der Waals surface area contributed by atoms with Crippen LogP contribution in [-0.2, 0) is 10.2 Å². The predicted octanol–water partition coefficient (Wildman–Crippen LogP) is 3.43. The van der Waals surface area contributed by atoms with E-state index in [1.54, 1.807) is 33.3 Å². The molecule has 3 aromatic carbocycles. The van der Waals surface area contributed by atoms with Gasteiger partial charge in [-0.15, -0.1) is 3.89 Å². The predicted molar refractivity (Wildman–Crippen MR) is 111 cm³/mol. The van der Waals surface area contributed by atoms with Crippen LogP contribution in [0.5, 0.6) is 11.5 Å². The molecular formula is C21H20FO4PS. The zero-order valence-corrected chi connectivity index (χ0v) is 17.4. The molecule has 0 heterocycles. The van der Waals surface area contributed by atoms with Gasteiger partial charge in [0.05, 0.1) is 14.2 Å². The van der Waals surface area contributed by atoms with Crippen LogP contribution >= 0.6 is 7.92 Å². The maximum Gasteiger partial charge on any atom is 0.332 e. The molecular weight excluding hydrogens is 398 g/mol. The van der Waals surface area contributed by atoms with E-state index in [-0.39, 0.29) is 4.90 Å². The summed E-state index contributed by atoms with van der Waals surface area (Å²) in [5.41, 5.74) is 0.672. The molecule has 146 valence electrons. The summed E-state index contributed by atoms with van der Waals surface area (Å²) in [5, 5.41) is 2.11. The van der Waals surface area contributed by atoms with Crippen LogP contribution < -0.4 is 25.4 Å². The minimum atomic E-state index is -4.89. The molecule has 0 aromatic heterocycles. The quantitative estimate of drug-likeness (QED) is 0.455. The Labute approximate surface area is 165 Å². The standard InChI is InChI=1S/C21H20FO4PS/c1-15-10-11-20(21(12-15)28(22,23)24)27(18-8-4-6-16(13-18)25-2)19-9-5-7-17(14-19)26-3/h4-14H,1-3H3. The number of methoxy groups -OCH3 is 2. The maximum atomic E-state index is 14.2. The summed E-state index contributed by atoms with van der Waals surface area (Å²) in [4.78, 5) is -0.302. The van der Waals surface area contributed by atoms with E-state index in [1.165, 1.54) is 6.07 Å². The van der Waals surface area contributed by atoms with Crippen LogP contribution in [0.1, 0.15) is 5.56 Å². The summed E-state index contributed by atoms with van der Waals surface area (Å²) in [7, 11) is -3.13. The molecule has 0 amide bonds. The van der Waals surface area contributed by atoms with Crippen LogP contribution in [0.2, 0.25) is 0 Å². The average molecular weight is 418 g/mol. The molecule has 0 saturated heterocycles. The average Bonchev–Trinajstić information content (AvgIpc) is 2.69. The number of benzene rings is 3. The number of aryl methyl sites for hydroxylation is 1. The van der Waals surface area contributed by atoms with Gasteiger partial charge in [0.25, 0.3) is 0 Å². The molecule has 0 radical (unpaired) electrons. The van der Waals surface area contributed by atoms with Gasteiger partial charge in [-0.05, 0) is 61.3 Å². The Morgan fingerprint density at radius 1 is 0.821 bits per heavy atom. The first-order valence-electron chi connectivity index (χ1n) is 8.47. The van der Waals surface area contributed by atoms with E-state index in [0.717, 1.165) is 10.6 Å². The highest BCUT2D eigenvalue weighted by Gasteiger charge is 2.26. The van der Waals surface area contributed by atoms with Crippen molar-refractivity contribution in [3.8, 4) is 11.5 Å². The van der Waals surface area contributed by atoms with Crippen molar-refractivity contribution in [3.05, 3.63) is 72.3 Å². The monoisotopic (exact) mass is 418 g/mol. The summed E-state index contributed by atoms with van der Waals surface area (Å²) in [5.74, 6) is 1.29. The molecule has 3 rings (SSSR count). The summed E-state index contributed by atoms with van der Waals surface area (Å²) in [6, 6.07) is 19.6. The second-order valence-electron chi connectivity index (χ2n) is 6.15. The normalized spacial score (nSPS) is 11.5. The second-order valence-corrected chi connectivity index (χ2v) is 9.65. The van der Waals surface area contributed by atoms with Gasteiger partial charge >= 0.3 is 10.2 Å². The molecule has 0 spiro atoms. The van der Waals surface area contributed by atoms with Gasteiger partial charge in [-0.3, -0.25) is 0 Å². The van der Waals surface area contributed by atoms with Crippen molar-refractivity contribution in [2.75, 3.05) is 14.2 Å². The number of rotatable bonds is 6. The van der Waals surface area contributed by atoms with Crippen molar-refractivity contribution < 1.29 is 21.8 Å². The minimum absolute atomic E-state index is 0.302. The van der Waals surface area contributed by atoms with E-state index in [0.29, 0.717) is 22.4 Å². The van der Waals surface area contributed by atoms with Gasteiger partial charge in [0.15, 0.2) is 0 Å². The Hall–Kier alpha value is -2.43. The lowest BCUT2D eigenvalue weighted by Crippen LogP contribution is -2.24. The molecule has 0 aliphatic rings. The molecule has 0 bridgehead atoms. The molecule has 0 N–H and O–H groups in total. The molecule has 0 saturated carbocycles. The lowest BCUT2D eigenvalue weighted by Gasteiger charge is -2.22. The third kappa shape index (κ3) is 4.34. The van der Waals surface area contributed by atoms with Crippen molar-refractivity contribution in [1.29, 1.82) is 0 Å². The summed E-state index contributed by atoms with van der Waals surface area (Å²) in [6.07, 6.45) is 0. The van der Waals surface area contributed by atoms with E-state index < -0.39 is 18.1 Å². The molecule has 0 fully saturated rings. The highest BCUT2D eigenvalue weighted by molar-refractivity contribution is 7.88. The van der Waals surface area contributed by atoms with Gasteiger partial charge < -0.3 is 9.47 Å². The van der Waals surface area contributed by atoms with E-state index in [9.17, 15) is 12.3 Å². The van der Waals surface area contributed by atoms with Crippen molar-refractivity contribution >= 4 is 34.1 Å². The number of ether oxygens (including phenoxy) is 2. The third-order valence-corrected chi connectivity index (χ3v) is 7.72. The van der Waals surface area contributed by atoms with Crippen LogP contribution in [0.4, 0.5) is 3.89 Å². The summed E-state index contributed by atoms with van der Waals surface area (Å²) in [6.45, 7) is 1.73. The van der Waals surface area contributed by atoms with Crippen molar-refractivity contribution in [1.82, 2.24) is 0 Å². The van der Waals surface area contributed by atoms with Crippen LogP contribution in [0, 0.1) is 6.92 Å². The first-order chi connectivity index (χ1) is 13.3. The number of halogens is 1. The van der Waals surface area contributed by atoms with E-state index in [4.69, 9.17) is 9.47 Å². The van der Waals surface area contributed by atoms with Crippen LogP contribution in [0.25, 0.3) is 0 Å². The van der Waals surface area contributed by atoms with E-state index in [1.807, 2.05) is 48.5 Å². The Bertz CT molecular complexity index is 1050. The number of hydrogen-bond acceptors (Lipinski definition) is 4. The second kappa shape index (κ2) is 8.29. The molecule has 3 aromatic rings. The van der Waals surface area contributed by atoms with Gasteiger partial charge in [-0.25, -0.2) is 0 Å². The molecule has 0 atom stereocenters. The molecule has 7 heteroatoms. The fraction of sp³-hybridized carbons (Fsp3) is 0.143. The Kier molecular flexibility index (Phi) is 6.01. The summed E-state index contributed by atoms with van der Waals surface area (Å²) >= 11 is 0. The minimum Gasteiger partial charge on any atom is -0.497 e. The highest BCUT2D eigenvalue weighted by Crippen LogP contribution is 2.37. The Morgan fingerprint density at radius 3 is 1.82 bits per heavy atom. The van der Waals surface area contributed by atoms with Crippen LogP contribution in [0.15, 0.2) is 71.6 Å². The van der Waals surface area contributed by atoms with Crippen molar-refractivity contribution in [2.24, 2.45) is 0 Å². The lowest BCUT2D eigenvalue weighted by molar-refractivity contribution is 0.415. The Balaban J connectivity index is 2.31. The molecule has 28 heavy (non-hydrogen) atoms. The molecule has 4 nitrogen and oxygen atoms in total. The topological polar surface area (TPSA) is 52.6 Å². The van der Waals surface area contributed by atoms with Gasteiger partial charge in [-0.2, -0.15) is 8.42 Å². The number of hydrogen-bond donors (Lipinski definition) is 0. The van der Waals surface area contributed by atoms with Crippen molar-refractivity contribution in [2.45, 2.75) is 11.8 Å². The fourth-order valence-corrected chi connectivity index (χ4v) is 6.52. The smallest absolute Gasteiger partial charge is 0.332 e. The largest absolute Gasteiger partial charge is 0.497 e. The van der Waals surface area contributed by atoms with Crippen LogP contribution in [0.3, 0.4) is 0 Å². The first kappa shape index (κ1) is 20.3. The highest BCUT2D eigenvalue weighted by atomic mass is 32.3. The van der Waals surface area contributed by atoms with Gasteiger partial charge in [0, 0.05) is 5.30 Å². The van der Waals surface area contributed by atoms with Gasteiger partial charge in [0.1, 0.15) is 16.4 Å². The lowest BCUT2D eigenvalue weighted by atomic mass is 10.2. The van der Waals surface area contributed by atoms with Gasteiger partial charge in [0.2, 0.25) is 0 Å². The molecule has 0 aliphatic heterocycles. The van der Waals surface area contributed by atoms with Crippen molar-refractivity contribution in [3.63, 3.8) is 0 Å². The first-order valence-corrected chi connectivity index (χ1v) is 11.2. The SMILES string of the molecule is COc1cccc(P(c2cccc(OC)c2)c2ccc(C)cc2S(=O)(=O)F)c1. The zero-order chi connectivity index (χ0) is 20.3. The molecule has 0 aliphatic carbocycles. The maximum absolute atomic E-state index is 14.2. The fourth-order valence-electron chi connectivity index (χ4n) is 2.93.